The zero-order valence-electron chi connectivity index (χ0n) is 9.82. The molecule has 0 saturated heterocycles. The van der Waals surface area contributed by atoms with Crippen LogP contribution in [-0.4, -0.2) is 22.7 Å². The van der Waals surface area contributed by atoms with Crippen molar-refractivity contribution in [3.8, 4) is 0 Å². The number of aliphatic hydroxyl groups is 1. The summed E-state index contributed by atoms with van der Waals surface area (Å²) in [7, 11) is 0. The van der Waals surface area contributed by atoms with Crippen molar-refractivity contribution in [3.63, 3.8) is 0 Å². The number of hydrogen-bond acceptors (Lipinski definition) is 4. The molecule has 0 heterocycles. The summed E-state index contributed by atoms with van der Waals surface area (Å²) in [5.41, 5.74) is 0.224. The maximum absolute atomic E-state index is 10.9. The highest BCUT2D eigenvalue weighted by atomic mass is 35.5. The number of halogens is 2. The first kappa shape index (κ1) is 15.0. The van der Waals surface area contributed by atoms with Crippen LogP contribution in [0.4, 0.5) is 11.4 Å². The summed E-state index contributed by atoms with van der Waals surface area (Å²) < 4.78 is 0. The number of hydrogen-bond donors (Lipinski definition) is 2. The molecule has 1 rings (SSSR count). The van der Waals surface area contributed by atoms with E-state index in [1.807, 2.05) is 0 Å². The molecule has 1 unspecified atom stereocenters. The van der Waals surface area contributed by atoms with E-state index in [0.29, 0.717) is 25.1 Å². The first-order valence-electron chi connectivity index (χ1n) is 5.47. The summed E-state index contributed by atoms with van der Waals surface area (Å²) in [5, 5.41) is 23.3. The van der Waals surface area contributed by atoms with Crippen LogP contribution in [0.15, 0.2) is 12.1 Å². The van der Waals surface area contributed by atoms with E-state index in [9.17, 15) is 10.1 Å². The minimum atomic E-state index is -0.515. The highest BCUT2D eigenvalue weighted by Gasteiger charge is 2.16. The van der Waals surface area contributed by atoms with Gasteiger partial charge in [0.2, 0.25) is 0 Å². The molecule has 1 aromatic rings. The molecule has 7 heteroatoms. The van der Waals surface area contributed by atoms with Gasteiger partial charge in [-0.3, -0.25) is 10.1 Å². The molecule has 2 N–H and O–H groups in total. The number of nitro groups is 1. The highest BCUT2D eigenvalue weighted by molar-refractivity contribution is 6.42. The first-order chi connectivity index (χ1) is 8.41. The molecular weight excluding hydrogens is 279 g/mol. The standard InChI is InChI=1S/C11H14Cl2N2O3/c1-7(16)3-2-4-14-10-5-8(12)9(13)6-11(10)15(17)18/h5-7,14,16H,2-4H2,1H3. The molecule has 1 aromatic carbocycles. The predicted octanol–water partition coefficient (Wildman–Crippen LogP) is 3.47. The number of rotatable bonds is 6. The fourth-order valence-corrected chi connectivity index (χ4v) is 1.77. The molecule has 5 nitrogen and oxygen atoms in total. The maximum Gasteiger partial charge on any atom is 0.293 e. The van der Waals surface area contributed by atoms with Crippen LogP contribution in [-0.2, 0) is 0 Å². The third kappa shape index (κ3) is 4.33. The van der Waals surface area contributed by atoms with Crippen LogP contribution in [0.25, 0.3) is 0 Å². The van der Waals surface area contributed by atoms with Crippen LogP contribution in [0.2, 0.25) is 10.0 Å². The SMILES string of the molecule is CC(O)CCCNc1cc(Cl)c(Cl)cc1[N+](=O)[O-]. The van der Waals surface area contributed by atoms with Crippen LogP contribution < -0.4 is 5.32 Å². The average molecular weight is 293 g/mol. The van der Waals surface area contributed by atoms with Gasteiger partial charge in [-0.15, -0.1) is 0 Å². The lowest BCUT2D eigenvalue weighted by Gasteiger charge is -2.09. The molecule has 0 aliphatic rings. The lowest BCUT2D eigenvalue weighted by molar-refractivity contribution is -0.383. The van der Waals surface area contributed by atoms with Gasteiger partial charge in [0.15, 0.2) is 0 Å². The van der Waals surface area contributed by atoms with Gasteiger partial charge in [-0.25, -0.2) is 0 Å². The van der Waals surface area contributed by atoms with Crippen LogP contribution in [0, 0.1) is 10.1 Å². The second-order valence-electron chi connectivity index (χ2n) is 3.96. The fraction of sp³-hybridized carbons (Fsp3) is 0.455. The minimum Gasteiger partial charge on any atom is -0.393 e. The largest absolute Gasteiger partial charge is 0.393 e. The van der Waals surface area contributed by atoms with Gasteiger partial charge in [-0.1, -0.05) is 23.2 Å². The van der Waals surface area contributed by atoms with Crippen LogP contribution in [0.1, 0.15) is 19.8 Å². The van der Waals surface area contributed by atoms with Gasteiger partial charge >= 0.3 is 0 Å². The van der Waals surface area contributed by atoms with E-state index in [1.54, 1.807) is 6.92 Å². The summed E-state index contributed by atoms with van der Waals surface area (Å²) in [4.78, 5) is 10.3. The number of nitro benzene ring substituents is 1. The Bertz CT molecular complexity index is 439. The molecular formula is C11H14Cl2N2O3. The number of aliphatic hydroxyl groups excluding tert-OH is 1. The van der Waals surface area contributed by atoms with Crippen molar-refractivity contribution in [1.82, 2.24) is 0 Å². The number of nitrogens with zero attached hydrogens (tertiary/aromatic N) is 1. The van der Waals surface area contributed by atoms with Gasteiger partial charge in [-0.2, -0.15) is 0 Å². The summed E-state index contributed by atoms with van der Waals surface area (Å²) >= 11 is 11.6. The summed E-state index contributed by atoms with van der Waals surface area (Å²) in [6.45, 7) is 2.21. The summed E-state index contributed by atoms with van der Waals surface area (Å²) in [5.74, 6) is 0. The first-order valence-corrected chi connectivity index (χ1v) is 6.22. The molecule has 0 fully saturated rings. The predicted molar refractivity (Wildman–Crippen MR) is 72.5 cm³/mol. The van der Waals surface area contributed by atoms with Crippen molar-refractivity contribution in [2.45, 2.75) is 25.9 Å². The zero-order valence-corrected chi connectivity index (χ0v) is 11.3. The van der Waals surface area contributed by atoms with Crippen LogP contribution >= 0.6 is 23.2 Å². The van der Waals surface area contributed by atoms with Gasteiger partial charge < -0.3 is 10.4 Å². The van der Waals surface area contributed by atoms with Crippen molar-refractivity contribution < 1.29 is 10.0 Å². The van der Waals surface area contributed by atoms with Crippen molar-refractivity contribution in [3.05, 3.63) is 32.3 Å². The third-order valence-corrected chi connectivity index (χ3v) is 3.07. The Morgan fingerprint density at radius 3 is 2.61 bits per heavy atom. The van der Waals surface area contributed by atoms with E-state index >= 15 is 0 Å². The normalized spacial score (nSPS) is 12.2. The van der Waals surface area contributed by atoms with Gasteiger partial charge in [0.05, 0.1) is 21.1 Å². The Kier molecular flexibility index (Phi) is 5.65. The van der Waals surface area contributed by atoms with Crippen LogP contribution in [0.3, 0.4) is 0 Å². The molecule has 0 aliphatic heterocycles. The number of nitrogens with one attached hydrogen (secondary N) is 1. The van der Waals surface area contributed by atoms with Crippen molar-refractivity contribution in [1.29, 1.82) is 0 Å². The fourth-order valence-electron chi connectivity index (χ4n) is 1.45. The summed E-state index contributed by atoms with van der Waals surface area (Å²) in [6, 6.07) is 2.66. The van der Waals surface area contributed by atoms with Gasteiger partial charge in [0.25, 0.3) is 5.69 Å². The quantitative estimate of drug-likeness (QED) is 0.478. The lowest BCUT2D eigenvalue weighted by atomic mass is 10.2. The second-order valence-corrected chi connectivity index (χ2v) is 4.77. The highest BCUT2D eigenvalue weighted by Crippen LogP contribution is 2.33. The zero-order chi connectivity index (χ0) is 13.7. The summed E-state index contributed by atoms with van der Waals surface area (Å²) in [6.07, 6.45) is 0.951. The van der Waals surface area contributed by atoms with Gasteiger partial charge in [0.1, 0.15) is 5.69 Å². The number of benzene rings is 1. The maximum atomic E-state index is 10.9. The molecule has 100 valence electrons. The Balaban J connectivity index is 2.74. The average Bonchev–Trinajstić information content (AvgIpc) is 2.28. The van der Waals surface area contributed by atoms with Crippen molar-refractivity contribution in [2.24, 2.45) is 0 Å². The van der Waals surface area contributed by atoms with Crippen molar-refractivity contribution >= 4 is 34.6 Å². The van der Waals surface area contributed by atoms with E-state index in [-0.39, 0.29) is 21.8 Å². The van der Waals surface area contributed by atoms with Gasteiger partial charge in [-0.05, 0) is 25.8 Å². The smallest absolute Gasteiger partial charge is 0.293 e. The minimum absolute atomic E-state index is 0.110. The Morgan fingerprint density at radius 1 is 1.44 bits per heavy atom. The topological polar surface area (TPSA) is 75.4 Å². The van der Waals surface area contributed by atoms with Crippen molar-refractivity contribution in [2.75, 3.05) is 11.9 Å². The molecule has 0 saturated carbocycles. The van der Waals surface area contributed by atoms with Crippen LogP contribution in [0.5, 0.6) is 0 Å². The van der Waals surface area contributed by atoms with Gasteiger partial charge in [0, 0.05) is 12.6 Å². The molecule has 0 aromatic heterocycles. The molecule has 0 radical (unpaired) electrons. The Labute approximate surface area is 115 Å². The lowest BCUT2D eigenvalue weighted by Crippen LogP contribution is -2.08. The monoisotopic (exact) mass is 292 g/mol. The third-order valence-electron chi connectivity index (χ3n) is 2.35. The molecule has 0 spiro atoms. The number of anilines is 1. The van der Waals surface area contributed by atoms with E-state index in [2.05, 4.69) is 5.32 Å². The molecule has 0 bridgehead atoms. The molecule has 0 aliphatic carbocycles. The van der Waals surface area contributed by atoms with E-state index in [4.69, 9.17) is 28.3 Å². The van der Waals surface area contributed by atoms with E-state index < -0.39 is 4.92 Å². The Morgan fingerprint density at radius 2 is 2.06 bits per heavy atom. The van der Waals surface area contributed by atoms with E-state index in [0.717, 1.165) is 0 Å². The molecule has 1 atom stereocenters. The van der Waals surface area contributed by atoms with E-state index in [1.165, 1.54) is 12.1 Å². The molecule has 18 heavy (non-hydrogen) atoms. The second kappa shape index (κ2) is 6.78. The Hall–Kier alpha value is -1.04. The molecule has 0 amide bonds.